The van der Waals surface area contributed by atoms with Crippen molar-refractivity contribution in [1.82, 2.24) is 0 Å². The lowest BCUT2D eigenvalue weighted by molar-refractivity contribution is -0.138. The van der Waals surface area contributed by atoms with Crippen molar-refractivity contribution in [1.29, 1.82) is 0 Å². The molecule has 33 heavy (non-hydrogen) atoms. The normalized spacial score (nSPS) is 41.0. The van der Waals surface area contributed by atoms with Crippen LogP contribution >= 0.6 is 0 Å². The Bertz CT molecular complexity index is 883. The van der Waals surface area contributed by atoms with E-state index in [1.54, 1.807) is 11.1 Å². The second-order valence-electron chi connectivity index (χ2n) is 13.1. The van der Waals surface area contributed by atoms with Crippen LogP contribution in [0.25, 0.3) is 0 Å². The monoisotopic (exact) mass is 452 g/mol. The molecule has 184 valence electrons. The zero-order valence-electron chi connectivity index (χ0n) is 22.4. The molecule has 0 unspecified atom stereocenters. The van der Waals surface area contributed by atoms with Crippen LogP contribution < -0.4 is 0 Å². The van der Waals surface area contributed by atoms with Gasteiger partial charge in [-0.15, -0.1) is 0 Å². The molecule has 0 spiro atoms. The average molecular weight is 453 g/mol. The number of Topliss-reactive ketones (excluding diaryl/α,β-unsaturated/α-hetero) is 1. The minimum atomic E-state index is -0.219. The van der Waals surface area contributed by atoms with E-state index in [0.29, 0.717) is 23.0 Å². The van der Waals surface area contributed by atoms with E-state index in [1.807, 2.05) is 0 Å². The van der Waals surface area contributed by atoms with E-state index in [4.69, 9.17) is 0 Å². The van der Waals surface area contributed by atoms with Crippen molar-refractivity contribution >= 4 is 5.78 Å². The van der Waals surface area contributed by atoms with Gasteiger partial charge in [-0.1, -0.05) is 66.7 Å². The maximum atomic E-state index is 12.8. The van der Waals surface area contributed by atoms with Crippen LogP contribution in [0, 0.1) is 39.4 Å². The fourth-order valence-electron chi connectivity index (χ4n) is 8.83. The summed E-state index contributed by atoms with van der Waals surface area (Å²) < 4.78 is 0. The van der Waals surface area contributed by atoms with E-state index >= 15 is 0 Å². The average Bonchev–Trinajstić information content (AvgIpc) is 3.05. The number of hydrogen-bond donors (Lipinski definition) is 1. The van der Waals surface area contributed by atoms with E-state index < -0.39 is 0 Å². The predicted octanol–water partition coefficient (Wildman–Crippen LogP) is 7.83. The van der Waals surface area contributed by atoms with Crippen molar-refractivity contribution in [3.8, 4) is 0 Å². The number of aliphatic hydroxyl groups is 1. The third-order valence-corrected chi connectivity index (χ3v) is 11.5. The van der Waals surface area contributed by atoms with E-state index in [9.17, 15) is 9.90 Å². The lowest BCUT2D eigenvalue weighted by atomic mass is 9.44. The summed E-state index contributed by atoms with van der Waals surface area (Å²) in [7, 11) is 0. The van der Waals surface area contributed by atoms with Gasteiger partial charge in [0.15, 0.2) is 0 Å². The summed E-state index contributed by atoms with van der Waals surface area (Å²) >= 11 is 0. The Balaban J connectivity index is 1.61. The summed E-state index contributed by atoms with van der Waals surface area (Å²) in [5, 5.41) is 9.49. The van der Waals surface area contributed by atoms with Crippen molar-refractivity contribution in [3.63, 3.8) is 0 Å². The Kier molecular flexibility index (Phi) is 6.43. The Morgan fingerprint density at radius 1 is 1.15 bits per heavy atom. The quantitative estimate of drug-likeness (QED) is 0.417. The van der Waals surface area contributed by atoms with Gasteiger partial charge >= 0.3 is 0 Å². The predicted molar refractivity (Wildman–Crippen MR) is 138 cm³/mol. The van der Waals surface area contributed by atoms with E-state index in [1.165, 1.54) is 31.3 Å². The Hall–Kier alpha value is -1.15. The van der Waals surface area contributed by atoms with E-state index in [0.717, 1.165) is 38.0 Å². The van der Waals surface area contributed by atoms with Gasteiger partial charge in [-0.2, -0.15) is 0 Å². The fraction of sp³-hybridized carbons (Fsp3) is 0.774. The van der Waals surface area contributed by atoms with Gasteiger partial charge in [0.1, 0.15) is 5.78 Å². The van der Waals surface area contributed by atoms with Crippen molar-refractivity contribution in [2.75, 3.05) is 6.61 Å². The molecule has 0 saturated heterocycles. The molecule has 2 saturated carbocycles. The first-order chi connectivity index (χ1) is 15.5. The summed E-state index contributed by atoms with van der Waals surface area (Å²) in [6.45, 7) is 16.8. The molecule has 1 N–H and O–H groups in total. The van der Waals surface area contributed by atoms with Crippen molar-refractivity contribution in [3.05, 3.63) is 34.9 Å². The highest BCUT2D eigenvalue weighted by Gasteiger charge is 2.63. The first-order valence-corrected chi connectivity index (χ1v) is 13.7. The zero-order chi connectivity index (χ0) is 24.2. The molecule has 4 aliphatic rings. The van der Waals surface area contributed by atoms with Gasteiger partial charge in [-0.05, 0) is 102 Å². The van der Waals surface area contributed by atoms with Gasteiger partial charge < -0.3 is 5.11 Å². The SMILES string of the molecule is CC/C(=C/CC[C@@H](C)[C@H]1CC[C@@]2(C)C3=CC[C@H]4C(C)(C)C(=O)CC[C@]4(C)C3=CC[C@]12C)CO. The maximum Gasteiger partial charge on any atom is 0.138 e. The number of fused-ring (bicyclic) bond motifs is 5. The number of carbonyl (C=O) groups is 1. The molecule has 4 rings (SSSR count). The minimum Gasteiger partial charge on any atom is -0.392 e. The van der Waals surface area contributed by atoms with Crippen LogP contribution in [-0.2, 0) is 4.79 Å². The smallest absolute Gasteiger partial charge is 0.138 e. The molecule has 0 radical (unpaired) electrons. The zero-order valence-corrected chi connectivity index (χ0v) is 22.4. The molecule has 0 heterocycles. The molecule has 2 fully saturated rings. The molecular weight excluding hydrogens is 404 g/mol. The lowest BCUT2D eigenvalue weighted by Gasteiger charge is -2.59. The number of aliphatic hydroxyl groups excluding tert-OH is 1. The largest absolute Gasteiger partial charge is 0.392 e. The number of ketones is 1. The molecule has 4 aliphatic carbocycles. The van der Waals surface area contributed by atoms with Crippen LogP contribution in [0.4, 0.5) is 0 Å². The molecular formula is C31H48O2. The highest BCUT2D eigenvalue weighted by atomic mass is 16.3. The lowest BCUT2D eigenvalue weighted by Crippen LogP contribution is -2.53. The van der Waals surface area contributed by atoms with Gasteiger partial charge in [0.25, 0.3) is 0 Å². The third kappa shape index (κ3) is 3.57. The molecule has 0 bridgehead atoms. The number of rotatable bonds is 6. The Morgan fingerprint density at radius 3 is 2.55 bits per heavy atom. The minimum absolute atomic E-state index is 0.140. The van der Waals surface area contributed by atoms with Crippen LogP contribution in [-0.4, -0.2) is 17.5 Å². The summed E-state index contributed by atoms with van der Waals surface area (Å²) in [5.74, 6) is 2.32. The maximum absolute atomic E-state index is 12.8. The third-order valence-electron chi connectivity index (χ3n) is 11.5. The molecule has 0 amide bonds. The van der Waals surface area contributed by atoms with Crippen molar-refractivity contribution in [2.24, 2.45) is 39.4 Å². The van der Waals surface area contributed by atoms with Crippen molar-refractivity contribution in [2.45, 2.75) is 106 Å². The summed E-state index contributed by atoms with van der Waals surface area (Å²) in [5.41, 5.74) is 4.89. The molecule has 0 aromatic rings. The standard InChI is InChI=1S/C31H48O2/c1-8-22(20-32)11-9-10-21(2)23-14-18-31(7)25-12-13-26-28(3,4)27(33)16-17-29(26,5)24(25)15-19-30(23,31)6/h11-12,15,21,23,26,32H,8-10,13-14,16-20H2,1-7H3/b22-11-/t21-,23-,26+,29-,30-,31+/m1/s1. The summed E-state index contributed by atoms with van der Waals surface area (Å²) in [6, 6.07) is 0. The van der Waals surface area contributed by atoms with Crippen molar-refractivity contribution < 1.29 is 9.90 Å². The molecule has 2 nitrogen and oxygen atoms in total. The van der Waals surface area contributed by atoms with Crippen LogP contribution in [0.3, 0.4) is 0 Å². The van der Waals surface area contributed by atoms with Crippen LogP contribution in [0.15, 0.2) is 34.9 Å². The molecule has 0 aromatic heterocycles. The van der Waals surface area contributed by atoms with Gasteiger partial charge in [0.05, 0.1) is 6.61 Å². The summed E-state index contributed by atoms with van der Waals surface area (Å²) in [6.07, 6.45) is 17.3. The first kappa shape index (κ1) is 25.0. The molecule has 0 aliphatic heterocycles. The fourth-order valence-corrected chi connectivity index (χ4v) is 8.83. The second-order valence-corrected chi connectivity index (χ2v) is 13.1. The van der Waals surface area contributed by atoms with Crippen LogP contribution in [0.1, 0.15) is 106 Å². The van der Waals surface area contributed by atoms with E-state index in [-0.39, 0.29) is 22.9 Å². The Morgan fingerprint density at radius 2 is 1.88 bits per heavy atom. The molecule has 6 atom stereocenters. The van der Waals surface area contributed by atoms with Gasteiger partial charge in [-0.3, -0.25) is 4.79 Å². The number of carbonyl (C=O) groups excluding carboxylic acids is 1. The van der Waals surface area contributed by atoms with Crippen LogP contribution in [0.5, 0.6) is 0 Å². The first-order valence-electron chi connectivity index (χ1n) is 13.7. The Labute approximate surface area is 203 Å². The van der Waals surface area contributed by atoms with Gasteiger partial charge in [0, 0.05) is 11.8 Å². The second kappa shape index (κ2) is 8.51. The number of allylic oxidation sites excluding steroid dienone is 5. The molecule has 2 heteroatoms. The topological polar surface area (TPSA) is 37.3 Å². The highest BCUT2D eigenvalue weighted by molar-refractivity contribution is 5.86. The summed E-state index contributed by atoms with van der Waals surface area (Å²) in [4.78, 5) is 12.8. The van der Waals surface area contributed by atoms with Crippen LogP contribution in [0.2, 0.25) is 0 Å². The number of hydrogen-bond acceptors (Lipinski definition) is 2. The van der Waals surface area contributed by atoms with Gasteiger partial charge in [-0.25, -0.2) is 0 Å². The highest BCUT2D eigenvalue weighted by Crippen LogP contribution is 2.71. The van der Waals surface area contributed by atoms with E-state index in [2.05, 4.69) is 66.7 Å². The molecule has 0 aromatic carbocycles. The van der Waals surface area contributed by atoms with Gasteiger partial charge in [0.2, 0.25) is 0 Å².